The van der Waals surface area contributed by atoms with Gasteiger partial charge in [0.15, 0.2) is 0 Å². The lowest BCUT2D eigenvalue weighted by Crippen LogP contribution is -2.31. The number of nitrogens with one attached hydrogen (secondary N) is 1. The van der Waals surface area contributed by atoms with Crippen molar-refractivity contribution in [3.8, 4) is 0 Å². The minimum atomic E-state index is 0.222. The van der Waals surface area contributed by atoms with E-state index in [1.54, 1.807) is 0 Å². The lowest BCUT2D eigenvalue weighted by atomic mass is 9.85. The summed E-state index contributed by atoms with van der Waals surface area (Å²) in [6, 6.07) is 0. The summed E-state index contributed by atoms with van der Waals surface area (Å²) < 4.78 is 0. The van der Waals surface area contributed by atoms with Crippen molar-refractivity contribution in [2.24, 2.45) is 5.92 Å². The van der Waals surface area contributed by atoms with E-state index in [4.69, 9.17) is 0 Å². The summed E-state index contributed by atoms with van der Waals surface area (Å²) in [5.74, 6) is 1.01. The highest BCUT2D eigenvalue weighted by molar-refractivity contribution is 5.75. The van der Waals surface area contributed by atoms with E-state index in [-0.39, 0.29) is 5.91 Å². The second-order valence-electron chi connectivity index (χ2n) is 3.35. The normalized spacial score (nSPS) is 17.5. The molecule has 0 unspecified atom stereocenters. The van der Waals surface area contributed by atoms with Crippen molar-refractivity contribution in [2.45, 2.75) is 39.0 Å². The third-order valence-corrected chi connectivity index (χ3v) is 2.29. The van der Waals surface area contributed by atoms with Crippen molar-refractivity contribution in [1.82, 2.24) is 5.32 Å². The molecule has 64 valence electrons. The van der Waals surface area contributed by atoms with Crippen LogP contribution in [0.1, 0.15) is 39.0 Å². The maximum absolute atomic E-state index is 11.0. The quantitative estimate of drug-likeness (QED) is 0.657. The number of amides is 1. The predicted octanol–water partition coefficient (Wildman–Crippen LogP) is 1.70. The fourth-order valence-corrected chi connectivity index (χ4v) is 1.27. The molecule has 1 aliphatic rings. The van der Waals surface area contributed by atoms with Gasteiger partial charge in [-0.3, -0.25) is 4.79 Å². The van der Waals surface area contributed by atoms with E-state index < -0.39 is 0 Å². The van der Waals surface area contributed by atoms with Crippen molar-refractivity contribution < 1.29 is 4.79 Å². The third kappa shape index (κ3) is 2.91. The smallest absolute Gasteiger partial charge is 0.219 e. The predicted molar refractivity (Wildman–Crippen MR) is 45.3 cm³/mol. The molecule has 0 spiro atoms. The first-order valence-electron chi connectivity index (χ1n) is 4.59. The van der Waals surface area contributed by atoms with Crippen LogP contribution in [-0.2, 0) is 4.79 Å². The molecule has 0 saturated heterocycles. The molecule has 2 heteroatoms. The maximum atomic E-state index is 11.0. The molecule has 0 aromatic heterocycles. The molecule has 0 aromatic carbocycles. The highest BCUT2D eigenvalue weighted by atomic mass is 16.1. The first-order chi connectivity index (χ1) is 5.33. The van der Waals surface area contributed by atoms with Crippen LogP contribution in [0.5, 0.6) is 0 Å². The van der Waals surface area contributed by atoms with Gasteiger partial charge in [-0.2, -0.15) is 0 Å². The summed E-state index contributed by atoms with van der Waals surface area (Å²) in [5, 5.41) is 2.95. The Morgan fingerprint density at radius 2 is 2.27 bits per heavy atom. The number of carbonyl (C=O) groups excluding carboxylic acids is 1. The Balaban J connectivity index is 1.96. The van der Waals surface area contributed by atoms with E-state index in [0.29, 0.717) is 6.42 Å². The van der Waals surface area contributed by atoms with Gasteiger partial charge in [0.1, 0.15) is 0 Å². The molecular formula is C9H17NO. The topological polar surface area (TPSA) is 29.1 Å². The zero-order valence-corrected chi connectivity index (χ0v) is 7.23. The Morgan fingerprint density at radius 3 is 2.73 bits per heavy atom. The van der Waals surface area contributed by atoms with Crippen LogP contribution < -0.4 is 5.32 Å². The maximum Gasteiger partial charge on any atom is 0.219 e. The van der Waals surface area contributed by atoms with Crippen LogP contribution in [0.4, 0.5) is 0 Å². The summed E-state index contributed by atoms with van der Waals surface area (Å²) in [4.78, 5) is 11.0. The Labute approximate surface area is 68.4 Å². The van der Waals surface area contributed by atoms with E-state index in [2.05, 4.69) is 5.32 Å². The standard InChI is InChI=1S/C9H17NO/c1-2-4-9(11)10-7-8-5-3-6-8/h8H,2-7H2,1H3,(H,10,11). The summed E-state index contributed by atoms with van der Waals surface area (Å²) in [6.07, 6.45) is 5.62. The third-order valence-electron chi connectivity index (χ3n) is 2.29. The van der Waals surface area contributed by atoms with E-state index in [9.17, 15) is 4.79 Å². The van der Waals surface area contributed by atoms with Crippen molar-refractivity contribution in [3.63, 3.8) is 0 Å². The molecule has 1 saturated carbocycles. The molecule has 1 rings (SSSR count). The Bertz CT molecular complexity index is 130. The van der Waals surface area contributed by atoms with Crippen LogP contribution in [0.3, 0.4) is 0 Å². The Kier molecular flexibility index (Phi) is 3.40. The number of hydrogen-bond acceptors (Lipinski definition) is 1. The van der Waals surface area contributed by atoms with Gasteiger partial charge in [-0.25, -0.2) is 0 Å². The van der Waals surface area contributed by atoms with Crippen LogP contribution >= 0.6 is 0 Å². The molecule has 11 heavy (non-hydrogen) atoms. The molecule has 0 bridgehead atoms. The van der Waals surface area contributed by atoms with Crippen molar-refractivity contribution in [2.75, 3.05) is 6.54 Å². The number of rotatable bonds is 4. The van der Waals surface area contributed by atoms with Gasteiger partial charge >= 0.3 is 0 Å². The molecule has 1 N–H and O–H groups in total. The minimum Gasteiger partial charge on any atom is -0.356 e. The molecule has 0 atom stereocenters. The first kappa shape index (κ1) is 8.57. The molecule has 1 aliphatic carbocycles. The van der Waals surface area contributed by atoms with Gasteiger partial charge in [0.05, 0.1) is 0 Å². The Hall–Kier alpha value is -0.530. The molecule has 0 radical (unpaired) electrons. The largest absolute Gasteiger partial charge is 0.356 e. The number of hydrogen-bond donors (Lipinski definition) is 1. The van der Waals surface area contributed by atoms with E-state index in [0.717, 1.165) is 18.9 Å². The first-order valence-corrected chi connectivity index (χ1v) is 4.59. The van der Waals surface area contributed by atoms with E-state index in [1.165, 1.54) is 19.3 Å². The van der Waals surface area contributed by atoms with Crippen LogP contribution in [0, 0.1) is 5.92 Å². The highest BCUT2D eigenvalue weighted by Crippen LogP contribution is 2.25. The average molecular weight is 155 g/mol. The van der Waals surface area contributed by atoms with Gasteiger partial charge in [-0.15, -0.1) is 0 Å². The molecule has 2 nitrogen and oxygen atoms in total. The van der Waals surface area contributed by atoms with E-state index in [1.807, 2.05) is 6.92 Å². The lowest BCUT2D eigenvalue weighted by molar-refractivity contribution is -0.121. The average Bonchev–Trinajstić information content (AvgIpc) is 1.85. The second kappa shape index (κ2) is 4.37. The van der Waals surface area contributed by atoms with Crippen LogP contribution in [-0.4, -0.2) is 12.5 Å². The highest BCUT2D eigenvalue weighted by Gasteiger charge is 2.17. The summed E-state index contributed by atoms with van der Waals surface area (Å²) in [5.41, 5.74) is 0. The molecule has 1 fully saturated rings. The van der Waals surface area contributed by atoms with Crippen molar-refractivity contribution in [3.05, 3.63) is 0 Å². The number of carbonyl (C=O) groups is 1. The van der Waals surface area contributed by atoms with Crippen LogP contribution in [0.2, 0.25) is 0 Å². The SMILES string of the molecule is CCCC(=O)NCC1CCC1. The zero-order valence-electron chi connectivity index (χ0n) is 7.23. The summed E-state index contributed by atoms with van der Waals surface area (Å²) in [6.45, 7) is 2.95. The van der Waals surface area contributed by atoms with Crippen molar-refractivity contribution >= 4 is 5.91 Å². The van der Waals surface area contributed by atoms with Crippen molar-refractivity contribution in [1.29, 1.82) is 0 Å². The van der Waals surface area contributed by atoms with Gasteiger partial charge in [-0.1, -0.05) is 13.3 Å². The molecule has 0 aromatic rings. The summed E-state index contributed by atoms with van der Waals surface area (Å²) in [7, 11) is 0. The summed E-state index contributed by atoms with van der Waals surface area (Å²) >= 11 is 0. The van der Waals surface area contributed by atoms with Gasteiger partial charge in [-0.05, 0) is 25.2 Å². The second-order valence-corrected chi connectivity index (χ2v) is 3.35. The van der Waals surface area contributed by atoms with Gasteiger partial charge in [0.25, 0.3) is 0 Å². The van der Waals surface area contributed by atoms with Gasteiger partial charge in [0, 0.05) is 13.0 Å². The zero-order chi connectivity index (χ0) is 8.10. The Morgan fingerprint density at radius 1 is 1.55 bits per heavy atom. The lowest BCUT2D eigenvalue weighted by Gasteiger charge is -2.25. The molecular weight excluding hydrogens is 138 g/mol. The molecule has 0 aliphatic heterocycles. The van der Waals surface area contributed by atoms with Gasteiger partial charge < -0.3 is 5.32 Å². The minimum absolute atomic E-state index is 0.222. The fraction of sp³-hybridized carbons (Fsp3) is 0.889. The molecule has 1 amide bonds. The van der Waals surface area contributed by atoms with E-state index >= 15 is 0 Å². The fourth-order valence-electron chi connectivity index (χ4n) is 1.27. The van der Waals surface area contributed by atoms with Crippen LogP contribution in [0.25, 0.3) is 0 Å². The molecule has 0 heterocycles. The van der Waals surface area contributed by atoms with Crippen LogP contribution in [0.15, 0.2) is 0 Å². The monoisotopic (exact) mass is 155 g/mol. The van der Waals surface area contributed by atoms with Gasteiger partial charge in [0.2, 0.25) is 5.91 Å².